The average Bonchev–Trinajstić information content (AvgIpc) is 3.05. The number of fused-ring (bicyclic) bond motifs is 1. The SMILES string of the molecule is Cc1c(C=O)ccc2c1cc(C#N)n2C(C)CCN1CCN(S(C)(=O)=O)CC1. The normalized spacial score (nSPS) is 17.5. The first-order valence-electron chi connectivity index (χ1n) is 9.43. The summed E-state index contributed by atoms with van der Waals surface area (Å²) in [6.07, 6.45) is 2.95. The minimum absolute atomic E-state index is 0.113. The van der Waals surface area contributed by atoms with E-state index in [9.17, 15) is 18.5 Å². The Bertz CT molecular complexity index is 1030. The van der Waals surface area contributed by atoms with Crippen LogP contribution in [0.3, 0.4) is 0 Å². The number of piperazine rings is 1. The van der Waals surface area contributed by atoms with E-state index in [0.717, 1.165) is 48.8 Å². The summed E-state index contributed by atoms with van der Waals surface area (Å²) in [5.74, 6) is 0. The van der Waals surface area contributed by atoms with Gasteiger partial charge >= 0.3 is 0 Å². The minimum Gasteiger partial charge on any atom is -0.329 e. The summed E-state index contributed by atoms with van der Waals surface area (Å²) in [4.78, 5) is 13.5. The van der Waals surface area contributed by atoms with Crippen molar-refractivity contribution < 1.29 is 13.2 Å². The topological polar surface area (TPSA) is 86.4 Å². The Morgan fingerprint density at radius 3 is 2.50 bits per heavy atom. The number of nitrogens with zero attached hydrogens (tertiary/aromatic N) is 4. The van der Waals surface area contributed by atoms with Crippen molar-refractivity contribution >= 4 is 27.2 Å². The van der Waals surface area contributed by atoms with Gasteiger partial charge in [-0.3, -0.25) is 4.79 Å². The predicted octanol–water partition coefficient (Wildman–Crippen LogP) is 2.16. The van der Waals surface area contributed by atoms with E-state index in [-0.39, 0.29) is 6.04 Å². The molecule has 7 nitrogen and oxygen atoms in total. The summed E-state index contributed by atoms with van der Waals surface area (Å²) in [7, 11) is -3.12. The van der Waals surface area contributed by atoms with E-state index < -0.39 is 10.0 Å². The van der Waals surface area contributed by atoms with Crippen molar-refractivity contribution in [3.63, 3.8) is 0 Å². The summed E-state index contributed by atoms with van der Waals surface area (Å²) < 4.78 is 26.8. The Balaban J connectivity index is 1.74. The Kier molecular flexibility index (Phi) is 5.89. The van der Waals surface area contributed by atoms with Crippen LogP contribution in [0.15, 0.2) is 18.2 Å². The molecular weight excluding hydrogens is 376 g/mol. The van der Waals surface area contributed by atoms with Crippen LogP contribution in [0, 0.1) is 18.3 Å². The molecule has 28 heavy (non-hydrogen) atoms. The second-order valence-electron chi connectivity index (χ2n) is 7.48. The van der Waals surface area contributed by atoms with Crippen LogP contribution in [0.2, 0.25) is 0 Å². The minimum atomic E-state index is -3.12. The van der Waals surface area contributed by atoms with E-state index in [1.165, 1.54) is 10.6 Å². The van der Waals surface area contributed by atoms with Crippen molar-refractivity contribution in [3.05, 3.63) is 35.0 Å². The highest BCUT2D eigenvalue weighted by Gasteiger charge is 2.24. The van der Waals surface area contributed by atoms with Gasteiger partial charge in [-0.1, -0.05) is 0 Å². The number of nitriles is 1. The fourth-order valence-electron chi connectivity index (χ4n) is 3.93. The number of carbonyl (C=O) groups is 1. The van der Waals surface area contributed by atoms with Gasteiger partial charge in [0.2, 0.25) is 10.0 Å². The fraction of sp³-hybridized carbons (Fsp3) is 0.500. The van der Waals surface area contributed by atoms with Gasteiger partial charge in [0.25, 0.3) is 0 Å². The molecule has 0 aliphatic carbocycles. The van der Waals surface area contributed by atoms with E-state index >= 15 is 0 Å². The molecule has 0 N–H and O–H groups in total. The lowest BCUT2D eigenvalue weighted by Gasteiger charge is -2.33. The zero-order chi connectivity index (χ0) is 20.5. The molecule has 1 saturated heterocycles. The van der Waals surface area contributed by atoms with E-state index in [1.54, 1.807) is 6.07 Å². The van der Waals surface area contributed by atoms with Gasteiger partial charge in [0.15, 0.2) is 0 Å². The number of benzene rings is 1. The average molecular weight is 403 g/mol. The van der Waals surface area contributed by atoms with Gasteiger partial charge in [-0.2, -0.15) is 9.57 Å². The molecule has 2 heterocycles. The Morgan fingerprint density at radius 1 is 1.25 bits per heavy atom. The van der Waals surface area contributed by atoms with Crippen molar-refractivity contribution in [2.24, 2.45) is 0 Å². The molecule has 1 unspecified atom stereocenters. The number of aryl methyl sites for hydroxylation is 1. The van der Waals surface area contributed by atoms with Gasteiger partial charge in [-0.05, 0) is 44.0 Å². The maximum absolute atomic E-state index is 11.6. The Morgan fingerprint density at radius 2 is 1.93 bits per heavy atom. The van der Waals surface area contributed by atoms with E-state index in [0.29, 0.717) is 24.3 Å². The maximum Gasteiger partial charge on any atom is 0.211 e. The van der Waals surface area contributed by atoms with Crippen molar-refractivity contribution in [3.8, 4) is 6.07 Å². The standard InChI is InChI=1S/C20H26N4O3S/c1-15(6-7-22-8-10-23(11-9-22)28(3,26)27)24-18(13-21)12-19-16(2)17(14-25)4-5-20(19)24/h4-5,12,14-15H,6-11H2,1-3H3. The largest absolute Gasteiger partial charge is 0.329 e. The predicted molar refractivity (Wildman–Crippen MR) is 109 cm³/mol. The summed E-state index contributed by atoms with van der Waals surface area (Å²) in [5, 5.41) is 10.5. The number of aromatic nitrogens is 1. The lowest BCUT2D eigenvalue weighted by atomic mass is 10.1. The molecule has 1 atom stereocenters. The van der Waals surface area contributed by atoms with Crippen LogP contribution < -0.4 is 0 Å². The van der Waals surface area contributed by atoms with Gasteiger partial charge in [0.05, 0.1) is 6.26 Å². The molecule has 1 aromatic heterocycles. The third kappa shape index (κ3) is 3.97. The fourth-order valence-corrected chi connectivity index (χ4v) is 4.76. The van der Waals surface area contributed by atoms with Crippen molar-refractivity contribution in [2.75, 3.05) is 39.0 Å². The highest BCUT2D eigenvalue weighted by Crippen LogP contribution is 2.29. The lowest BCUT2D eigenvalue weighted by molar-refractivity contribution is 0.112. The molecule has 1 aliphatic rings. The van der Waals surface area contributed by atoms with Crippen molar-refractivity contribution in [1.82, 2.24) is 13.8 Å². The number of sulfonamides is 1. The molecular formula is C20H26N4O3S. The van der Waals surface area contributed by atoms with Crippen LogP contribution in [0.4, 0.5) is 0 Å². The van der Waals surface area contributed by atoms with Crippen LogP contribution >= 0.6 is 0 Å². The first-order chi connectivity index (χ1) is 13.3. The maximum atomic E-state index is 11.6. The number of rotatable bonds is 6. The van der Waals surface area contributed by atoms with E-state index in [2.05, 4.69) is 17.9 Å². The highest BCUT2D eigenvalue weighted by molar-refractivity contribution is 7.88. The monoisotopic (exact) mass is 402 g/mol. The van der Waals surface area contributed by atoms with Crippen LogP contribution in [0.25, 0.3) is 10.9 Å². The van der Waals surface area contributed by atoms with E-state index in [1.807, 2.05) is 23.6 Å². The number of carbonyl (C=O) groups excluding carboxylic acids is 1. The zero-order valence-corrected chi connectivity index (χ0v) is 17.4. The zero-order valence-electron chi connectivity index (χ0n) is 16.6. The van der Waals surface area contributed by atoms with Gasteiger partial charge in [0.1, 0.15) is 18.0 Å². The number of hydrogen-bond acceptors (Lipinski definition) is 5. The van der Waals surface area contributed by atoms with Gasteiger partial charge in [-0.15, -0.1) is 0 Å². The van der Waals surface area contributed by atoms with Crippen LogP contribution in [-0.4, -0.2) is 67.5 Å². The molecule has 0 bridgehead atoms. The third-order valence-corrected chi connectivity index (χ3v) is 6.98. The van der Waals surface area contributed by atoms with E-state index in [4.69, 9.17) is 0 Å². The summed E-state index contributed by atoms with van der Waals surface area (Å²) in [6.45, 7) is 7.33. The highest BCUT2D eigenvalue weighted by atomic mass is 32.2. The molecule has 0 spiro atoms. The molecule has 1 fully saturated rings. The molecule has 0 saturated carbocycles. The van der Waals surface area contributed by atoms with Crippen LogP contribution in [0.5, 0.6) is 0 Å². The quantitative estimate of drug-likeness (QED) is 0.691. The van der Waals surface area contributed by atoms with Crippen molar-refractivity contribution in [2.45, 2.75) is 26.3 Å². The molecule has 3 rings (SSSR count). The Labute approximate surface area is 166 Å². The van der Waals surface area contributed by atoms with Gasteiger partial charge in [-0.25, -0.2) is 8.42 Å². The molecule has 0 amide bonds. The molecule has 1 aliphatic heterocycles. The molecule has 1 aromatic carbocycles. The first kappa shape index (κ1) is 20.5. The summed E-state index contributed by atoms with van der Waals surface area (Å²) in [6, 6.07) is 7.97. The van der Waals surface area contributed by atoms with Gasteiger partial charge < -0.3 is 9.47 Å². The second-order valence-corrected chi connectivity index (χ2v) is 9.47. The molecule has 150 valence electrons. The molecule has 2 aromatic rings. The Hall–Kier alpha value is -2.21. The van der Waals surface area contributed by atoms with Crippen LogP contribution in [0.1, 0.15) is 41.0 Å². The lowest BCUT2D eigenvalue weighted by Crippen LogP contribution is -2.48. The number of aldehydes is 1. The van der Waals surface area contributed by atoms with Crippen LogP contribution in [-0.2, 0) is 10.0 Å². The molecule has 8 heteroatoms. The van der Waals surface area contributed by atoms with Crippen molar-refractivity contribution in [1.29, 1.82) is 5.26 Å². The third-order valence-electron chi connectivity index (χ3n) is 5.68. The smallest absolute Gasteiger partial charge is 0.211 e. The summed E-state index contributed by atoms with van der Waals surface area (Å²) in [5.41, 5.74) is 3.10. The summed E-state index contributed by atoms with van der Waals surface area (Å²) >= 11 is 0. The number of hydrogen-bond donors (Lipinski definition) is 0. The van der Waals surface area contributed by atoms with Gasteiger partial charge in [0, 0.05) is 55.2 Å². The molecule has 0 radical (unpaired) electrons. The second kappa shape index (κ2) is 8.03. The first-order valence-corrected chi connectivity index (χ1v) is 11.3.